The highest BCUT2D eigenvalue weighted by Gasteiger charge is 2.32. The van der Waals surface area contributed by atoms with Gasteiger partial charge in [-0.3, -0.25) is 4.79 Å². The van der Waals surface area contributed by atoms with Crippen LogP contribution in [0.3, 0.4) is 0 Å². The summed E-state index contributed by atoms with van der Waals surface area (Å²) in [6.45, 7) is 14.8. The predicted octanol–water partition coefficient (Wildman–Crippen LogP) is 5.63. The molecule has 0 bridgehead atoms. The van der Waals surface area contributed by atoms with Crippen LogP contribution in [0.1, 0.15) is 57.3 Å². The first-order valence-corrected chi connectivity index (χ1v) is 17.7. The third-order valence-electron chi connectivity index (χ3n) is 6.59. The molecule has 1 saturated heterocycles. The second-order valence-corrected chi connectivity index (χ2v) is 18.4. The molecule has 230 valence electrons. The van der Waals surface area contributed by atoms with Crippen molar-refractivity contribution in [2.45, 2.75) is 103 Å². The molecular formula is C27H43F3N6O4Si. The number of piperidine rings is 1. The third-order valence-corrected chi connectivity index (χ3v) is 8.29. The third kappa shape index (κ3) is 10.2. The number of alkyl halides is 3. The van der Waals surface area contributed by atoms with E-state index in [0.29, 0.717) is 37.5 Å². The topological polar surface area (TPSA) is 111 Å². The van der Waals surface area contributed by atoms with Crippen LogP contribution in [0.15, 0.2) is 12.4 Å². The average Bonchev–Trinajstić information content (AvgIpc) is 3.17. The minimum absolute atomic E-state index is 0.00789. The van der Waals surface area contributed by atoms with Crippen LogP contribution in [0.4, 0.5) is 23.8 Å². The number of nitrogens with zero attached hydrogens (tertiary/aromatic N) is 4. The van der Waals surface area contributed by atoms with E-state index in [-0.39, 0.29) is 36.0 Å². The molecule has 0 saturated carbocycles. The number of amides is 2. The van der Waals surface area contributed by atoms with Gasteiger partial charge in [-0.05, 0) is 46.6 Å². The molecule has 0 radical (unpaired) electrons. The van der Waals surface area contributed by atoms with Crippen molar-refractivity contribution in [1.29, 1.82) is 0 Å². The highest BCUT2D eigenvalue weighted by molar-refractivity contribution is 6.76. The Labute approximate surface area is 240 Å². The predicted molar refractivity (Wildman–Crippen MR) is 154 cm³/mol. The zero-order valence-corrected chi connectivity index (χ0v) is 26.0. The molecular weight excluding hydrogens is 557 g/mol. The van der Waals surface area contributed by atoms with Crippen LogP contribution >= 0.6 is 0 Å². The Kier molecular flexibility index (Phi) is 10.3. The number of hydrogen-bond donors (Lipinski definition) is 2. The fourth-order valence-corrected chi connectivity index (χ4v) is 5.20. The average molecular weight is 601 g/mol. The van der Waals surface area contributed by atoms with E-state index in [4.69, 9.17) is 9.47 Å². The minimum atomic E-state index is -4.38. The number of fused-ring (bicyclic) bond motifs is 1. The van der Waals surface area contributed by atoms with Crippen molar-refractivity contribution in [2.75, 3.05) is 25.0 Å². The summed E-state index contributed by atoms with van der Waals surface area (Å²) in [5.74, 6) is -0.229. The van der Waals surface area contributed by atoms with Gasteiger partial charge in [0.05, 0.1) is 18.2 Å². The number of aromatic nitrogens is 3. The lowest BCUT2D eigenvalue weighted by molar-refractivity contribution is -0.133. The van der Waals surface area contributed by atoms with Gasteiger partial charge in [0.25, 0.3) is 5.91 Å². The number of likely N-dealkylation sites (tertiary alicyclic amines) is 1. The van der Waals surface area contributed by atoms with Crippen molar-refractivity contribution >= 4 is 37.1 Å². The zero-order chi connectivity index (χ0) is 30.6. The minimum Gasteiger partial charge on any atom is -0.444 e. The molecule has 3 heterocycles. The number of hydrogen-bond acceptors (Lipinski definition) is 7. The van der Waals surface area contributed by atoms with E-state index in [1.54, 1.807) is 15.7 Å². The molecule has 2 aromatic rings. The lowest BCUT2D eigenvalue weighted by Gasteiger charge is -2.38. The molecule has 1 aliphatic heterocycles. The van der Waals surface area contributed by atoms with Gasteiger partial charge in [-0.2, -0.15) is 13.2 Å². The smallest absolute Gasteiger partial charge is 0.410 e. The molecule has 14 heteroatoms. The fourth-order valence-electron chi connectivity index (χ4n) is 4.44. The van der Waals surface area contributed by atoms with Crippen molar-refractivity contribution in [3.05, 3.63) is 18.0 Å². The molecule has 0 aliphatic carbocycles. The number of carbonyl (C=O) groups is 2. The van der Waals surface area contributed by atoms with Gasteiger partial charge < -0.3 is 29.6 Å². The van der Waals surface area contributed by atoms with Gasteiger partial charge in [0.15, 0.2) is 5.65 Å². The Balaban J connectivity index is 1.75. The van der Waals surface area contributed by atoms with Crippen LogP contribution in [-0.2, 0) is 16.2 Å². The molecule has 41 heavy (non-hydrogen) atoms. The second-order valence-electron chi connectivity index (χ2n) is 12.8. The largest absolute Gasteiger partial charge is 0.444 e. The number of rotatable bonds is 10. The van der Waals surface area contributed by atoms with E-state index in [1.807, 2.05) is 27.7 Å². The van der Waals surface area contributed by atoms with E-state index in [2.05, 4.69) is 40.2 Å². The summed E-state index contributed by atoms with van der Waals surface area (Å²) in [5, 5.41) is 5.69. The van der Waals surface area contributed by atoms with Crippen LogP contribution in [0, 0.1) is 0 Å². The summed E-state index contributed by atoms with van der Waals surface area (Å²) >= 11 is 0. The Morgan fingerprint density at radius 2 is 1.90 bits per heavy atom. The Morgan fingerprint density at radius 1 is 1.20 bits per heavy atom. The van der Waals surface area contributed by atoms with Crippen molar-refractivity contribution in [1.82, 2.24) is 24.8 Å². The van der Waals surface area contributed by atoms with Crippen LogP contribution in [0.5, 0.6) is 0 Å². The van der Waals surface area contributed by atoms with Crippen molar-refractivity contribution in [3.63, 3.8) is 0 Å². The molecule has 10 nitrogen and oxygen atoms in total. The van der Waals surface area contributed by atoms with Gasteiger partial charge in [0.1, 0.15) is 23.7 Å². The van der Waals surface area contributed by atoms with Crippen molar-refractivity contribution < 1.29 is 32.2 Å². The van der Waals surface area contributed by atoms with Crippen LogP contribution < -0.4 is 10.6 Å². The van der Waals surface area contributed by atoms with Crippen LogP contribution in [0.2, 0.25) is 25.7 Å². The molecule has 2 aromatic heterocycles. The Morgan fingerprint density at radius 3 is 2.51 bits per heavy atom. The van der Waals surface area contributed by atoms with Crippen molar-refractivity contribution in [2.24, 2.45) is 0 Å². The van der Waals surface area contributed by atoms with Gasteiger partial charge in [-0.25, -0.2) is 14.8 Å². The van der Waals surface area contributed by atoms with Gasteiger partial charge in [-0.1, -0.05) is 19.6 Å². The molecule has 1 fully saturated rings. The zero-order valence-electron chi connectivity index (χ0n) is 25.0. The lowest BCUT2D eigenvalue weighted by atomic mass is 9.99. The number of halogens is 3. The first kappa shape index (κ1) is 32.6. The molecule has 2 amide bonds. The molecule has 2 N–H and O–H groups in total. The summed E-state index contributed by atoms with van der Waals surface area (Å²) in [7, 11) is -1.30. The molecule has 0 aromatic carbocycles. The SMILES string of the molecule is C[C@H]1C[C@@H](Nc2cnc3c(n2)c(C(=O)NCCC(F)(F)F)cn3COCC[Si](C)(C)C)CCN1C(=O)OC(C)(C)C. The standard InChI is InChI=1S/C27H43F3N6O4Si/c1-18-14-19(8-11-36(18)25(38)40-26(2,3)4)33-21-15-32-23-22(34-21)20(24(37)31-10-9-27(28,29)30)16-35(23)17-39-12-13-41(5,6)7/h15-16,18-19H,8-14,17H2,1-7H3,(H,31,37)(H,33,34)/t18-,19-/m0/s1. The first-order chi connectivity index (χ1) is 18.9. The fraction of sp³-hybridized carbons (Fsp3) is 0.704. The molecule has 0 spiro atoms. The maximum atomic E-state index is 12.9. The van der Waals surface area contributed by atoms with E-state index < -0.39 is 38.7 Å². The normalized spacial score (nSPS) is 18.4. The molecule has 2 atom stereocenters. The van der Waals surface area contributed by atoms with Crippen molar-refractivity contribution in [3.8, 4) is 0 Å². The van der Waals surface area contributed by atoms with Gasteiger partial charge in [0.2, 0.25) is 0 Å². The maximum Gasteiger partial charge on any atom is 0.410 e. The van der Waals surface area contributed by atoms with E-state index in [0.717, 1.165) is 6.04 Å². The highest BCUT2D eigenvalue weighted by atomic mass is 28.3. The van der Waals surface area contributed by atoms with Crippen LogP contribution in [0.25, 0.3) is 11.2 Å². The summed E-state index contributed by atoms with van der Waals surface area (Å²) in [6.07, 6.45) is -1.46. The summed E-state index contributed by atoms with van der Waals surface area (Å²) in [4.78, 5) is 36.3. The van der Waals surface area contributed by atoms with E-state index >= 15 is 0 Å². The summed E-state index contributed by atoms with van der Waals surface area (Å²) in [5.41, 5.74) is 0.217. The van der Waals surface area contributed by atoms with Gasteiger partial charge in [-0.15, -0.1) is 0 Å². The molecule has 0 unspecified atom stereocenters. The summed E-state index contributed by atoms with van der Waals surface area (Å²) in [6, 6.07) is 0.880. The Bertz CT molecular complexity index is 1210. The quantitative estimate of drug-likeness (QED) is 0.269. The summed E-state index contributed by atoms with van der Waals surface area (Å²) < 4.78 is 50.9. The molecule has 3 rings (SSSR count). The number of anilines is 1. The number of nitrogens with one attached hydrogen (secondary N) is 2. The van der Waals surface area contributed by atoms with E-state index in [9.17, 15) is 22.8 Å². The first-order valence-electron chi connectivity index (χ1n) is 14.0. The van der Waals surface area contributed by atoms with Gasteiger partial charge >= 0.3 is 12.3 Å². The Hall–Kier alpha value is -2.87. The number of ether oxygens (including phenoxy) is 2. The second kappa shape index (κ2) is 13.0. The van der Waals surface area contributed by atoms with Crippen LogP contribution in [-0.4, -0.2) is 83.1 Å². The van der Waals surface area contributed by atoms with E-state index in [1.165, 1.54) is 6.20 Å². The molecule has 1 aliphatic rings. The highest BCUT2D eigenvalue weighted by Crippen LogP contribution is 2.25. The lowest BCUT2D eigenvalue weighted by Crippen LogP contribution is -2.49. The van der Waals surface area contributed by atoms with Gasteiger partial charge in [0, 0.05) is 46.1 Å². The monoisotopic (exact) mass is 600 g/mol. The number of carbonyl (C=O) groups excluding carboxylic acids is 2. The maximum absolute atomic E-state index is 12.9.